The van der Waals surface area contributed by atoms with Gasteiger partial charge in [-0.3, -0.25) is 4.79 Å². The van der Waals surface area contributed by atoms with Crippen LogP contribution in [0.15, 0.2) is 18.2 Å². The van der Waals surface area contributed by atoms with Gasteiger partial charge in [-0.05, 0) is 43.4 Å². The van der Waals surface area contributed by atoms with Crippen LogP contribution < -0.4 is 0 Å². The van der Waals surface area contributed by atoms with Crippen LogP contribution in [0, 0.1) is 17.6 Å². The number of halogens is 2. The molecule has 0 radical (unpaired) electrons. The fraction of sp³-hybridized carbons (Fsp3) is 0.611. The zero-order chi connectivity index (χ0) is 16.4. The first-order valence-corrected chi connectivity index (χ1v) is 8.48. The minimum Gasteiger partial charge on any atom is -0.371 e. The lowest BCUT2D eigenvalue weighted by molar-refractivity contribution is -0.0875. The molecule has 1 amide bonds. The molecule has 126 valence electrons. The van der Waals surface area contributed by atoms with Gasteiger partial charge in [0.1, 0.15) is 11.6 Å². The molecule has 1 aromatic rings. The Morgan fingerprint density at radius 1 is 1.30 bits per heavy atom. The number of morpholine rings is 1. The van der Waals surface area contributed by atoms with Crippen LogP contribution in [-0.2, 0) is 4.74 Å². The minimum absolute atomic E-state index is 0.00475. The third-order valence-electron chi connectivity index (χ3n) is 4.67. The smallest absolute Gasteiger partial charge is 0.257 e. The lowest BCUT2D eigenvalue weighted by Crippen LogP contribution is -2.51. The van der Waals surface area contributed by atoms with Crippen molar-refractivity contribution >= 4 is 5.91 Å². The van der Waals surface area contributed by atoms with E-state index in [1.54, 1.807) is 4.90 Å². The normalized spacial score (nSPS) is 24.7. The van der Waals surface area contributed by atoms with Crippen LogP contribution >= 0.6 is 0 Å². The maximum atomic E-state index is 13.9. The van der Waals surface area contributed by atoms with Crippen LogP contribution in [0.4, 0.5) is 8.78 Å². The number of unbranched alkanes of at least 4 members (excludes halogenated alkanes) is 1. The van der Waals surface area contributed by atoms with Gasteiger partial charge >= 0.3 is 0 Å². The highest BCUT2D eigenvalue weighted by molar-refractivity contribution is 5.94. The quantitative estimate of drug-likeness (QED) is 0.825. The number of ether oxygens (including phenoxy) is 1. The van der Waals surface area contributed by atoms with Gasteiger partial charge in [-0.1, -0.05) is 19.8 Å². The molecule has 2 atom stereocenters. The minimum atomic E-state index is -0.670. The Morgan fingerprint density at radius 2 is 2.09 bits per heavy atom. The van der Waals surface area contributed by atoms with Gasteiger partial charge in [0, 0.05) is 13.1 Å². The van der Waals surface area contributed by atoms with E-state index < -0.39 is 17.5 Å². The van der Waals surface area contributed by atoms with Gasteiger partial charge in [0.05, 0.1) is 17.8 Å². The SMILES string of the molecule is CCCC[C@@H]1CN(C(=O)c2cc(F)ccc2F)C[C@H](C2CC2)O1. The van der Waals surface area contributed by atoms with E-state index >= 15 is 0 Å². The first kappa shape index (κ1) is 16.4. The lowest BCUT2D eigenvalue weighted by atomic mass is 10.1. The molecule has 0 spiro atoms. The van der Waals surface area contributed by atoms with E-state index in [1.807, 2.05) is 0 Å². The fourth-order valence-electron chi connectivity index (χ4n) is 3.19. The van der Waals surface area contributed by atoms with E-state index in [9.17, 15) is 13.6 Å². The van der Waals surface area contributed by atoms with Crippen LogP contribution in [0.3, 0.4) is 0 Å². The van der Waals surface area contributed by atoms with Gasteiger partial charge in [-0.15, -0.1) is 0 Å². The van der Waals surface area contributed by atoms with Gasteiger partial charge in [-0.25, -0.2) is 8.78 Å². The molecule has 1 aromatic carbocycles. The Labute approximate surface area is 135 Å². The van der Waals surface area contributed by atoms with Crippen molar-refractivity contribution in [2.24, 2.45) is 5.92 Å². The lowest BCUT2D eigenvalue weighted by Gasteiger charge is -2.38. The second-order valence-electron chi connectivity index (χ2n) is 6.61. The summed E-state index contributed by atoms with van der Waals surface area (Å²) in [5.41, 5.74) is -0.185. The highest BCUT2D eigenvalue weighted by Crippen LogP contribution is 2.37. The molecular weight excluding hydrogens is 300 g/mol. The first-order valence-electron chi connectivity index (χ1n) is 8.48. The standard InChI is InChI=1S/C18H23F2NO2/c1-2-3-4-14-10-21(11-17(23-14)12-5-6-12)18(22)15-9-13(19)7-8-16(15)20/h7-9,12,14,17H,2-6,10-11H2,1H3/t14-,17-/m1/s1. The van der Waals surface area contributed by atoms with Crippen molar-refractivity contribution in [1.29, 1.82) is 0 Å². The van der Waals surface area contributed by atoms with Crippen molar-refractivity contribution in [2.45, 2.75) is 51.2 Å². The molecule has 3 rings (SSSR count). The summed E-state index contributed by atoms with van der Waals surface area (Å²) >= 11 is 0. The summed E-state index contributed by atoms with van der Waals surface area (Å²) in [6.45, 7) is 3.05. The van der Waals surface area contributed by atoms with Crippen LogP contribution in [0.1, 0.15) is 49.4 Å². The number of hydrogen-bond donors (Lipinski definition) is 0. The second-order valence-corrected chi connectivity index (χ2v) is 6.61. The van der Waals surface area contributed by atoms with Crippen molar-refractivity contribution in [3.8, 4) is 0 Å². The molecule has 1 heterocycles. The van der Waals surface area contributed by atoms with E-state index in [1.165, 1.54) is 0 Å². The van der Waals surface area contributed by atoms with Crippen molar-refractivity contribution < 1.29 is 18.3 Å². The van der Waals surface area contributed by atoms with Crippen molar-refractivity contribution in [1.82, 2.24) is 4.90 Å². The second kappa shape index (κ2) is 6.95. The molecule has 23 heavy (non-hydrogen) atoms. The molecule has 2 fully saturated rings. The van der Waals surface area contributed by atoms with Gasteiger partial charge in [0.2, 0.25) is 0 Å². The molecule has 1 saturated heterocycles. The molecule has 5 heteroatoms. The molecule has 1 aliphatic heterocycles. The molecule has 1 saturated carbocycles. The van der Waals surface area contributed by atoms with E-state index in [4.69, 9.17) is 4.74 Å². The number of rotatable bonds is 5. The highest BCUT2D eigenvalue weighted by Gasteiger charge is 2.40. The van der Waals surface area contributed by atoms with Gasteiger partial charge in [0.25, 0.3) is 5.91 Å². The Morgan fingerprint density at radius 3 is 2.78 bits per heavy atom. The summed E-state index contributed by atoms with van der Waals surface area (Å²) in [7, 11) is 0. The molecule has 3 nitrogen and oxygen atoms in total. The molecule has 0 bridgehead atoms. The predicted molar refractivity (Wildman–Crippen MR) is 83.2 cm³/mol. The average Bonchev–Trinajstić information content (AvgIpc) is 3.39. The van der Waals surface area contributed by atoms with Crippen molar-refractivity contribution in [2.75, 3.05) is 13.1 Å². The average molecular weight is 323 g/mol. The Hall–Kier alpha value is -1.49. The molecule has 0 aromatic heterocycles. The fourth-order valence-corrected chi connectivity index (χ4v) is 3.19. The Bertz CT molecular complexity index is 574. The number of nitrogens with zero attached hydrogens (tertiary/aromatic N) is 1. The van der Waals surface area contributed by atoms with E-state index in [2.05, 4.69) is 6.92 Å². The topological polar surface area (TPSA) is 29.5 Å². The summed E-state index contributed by atoms with van der Waals surface area (Å²) in [4.78, 5) is 14.3. The van der Waals surface area contributed by atoms with Gasteiger partial charge < -0.3 is 9.64 Å². The van der Waals surface area contributed by atoms with E-state index in [-0.39, 0.29) is 17.8 Å². The van der Waals surface area contributed by atoms with Crippen LogP contribution in [0.5, 0.6) is 0 Å². The molecule has 2 aliphatic rings. The van der Waals surface area contributed by atoms with Crippen molar-refractivity contribution in [3.05, 3.63) is 35.4 Å². The summed E-state index contributed by atoms with van der Waals surface area (Å²) in [6.07, 6.45) is 5.29. The summed E-state index contributed by atoms with van der Waals surface area (Å²) in [5.74, 6) is -1.19. The number of carbonyl (C=O) groups excluding carboxylic acids is 1. The first-order chi connectivity index (χ1) is 11.1. The molecule has 0 N–H and O–H groups in total. The van der Waals surface area contributed by atoms with Crippen LogP contribution in [-0.4, -0.2) is 36.1 Å². The molecule has 0 unspecified atom stereocenters. The number of carbonyl (C=O) groups is 1. The summed E-state index contributed by atoms with van der Waals surface area (Å²) in [5, 5.41) is 0. The predicted octanol–water partition coefficient (Wildman–Crippen LogP) is 3.77. The third kappa shape index (κ3) is 3.89. The highest BCUT2D eigenvalue weighted by atomic mass is 19.1. The molecule has 1 aliphatic carbocycles. The van der Waals surface area contributed by atoms with Crippen LogP contribution in [0.25, 0.3) is 0 Å². The summed E-state index contributed by atoms with van der Waals surface area (Å²) in [6, 6.07) is 3.03. The van der Waals surface area contributed by atoms with E-state index in [0.29, 0.717) is 19.0 Å². The third-order valence-corrected chi connectivity index (χ3v) is 4.67. The monoisotopic (exact) mass is 323 g/mol. The Balaban J connectivity index is 1.75. The largest absolute Gasteiger partial charge is 0.371 e. The number of hydrogen-bond acceptors (Lipinski definition) is 2. The van der Waals surface area contributed by atoms with Gasteiger partial charge in [-0.2, -0.15) is 0 Å². The van der Waals surface area contributed by atoms with Crippen LogP contribution in [0.2, 0.25) is 0 Å². The number of benzene rings is 1. The van der Waals surface area contributed by atoms with Gasteiger partial charge in [0.15, 0.2) is 0 Å². The number of amides is 1. The van der Waals surface area contributed by atoms with E-state index in [0.717, 1.165) is 50.3 Å². The summed E-state index contributed by atoms with van der Waals surface area (Å²) < 4.78 is 33.4. The zero-order valence-electron chi connectivity index (χ0n) is 13.4. The zero-order valence-corrected chi connectivity index (χ0v) is 13.4. The van der Waals surface area contributed by atoms with Crippen molar-refractivity contribution in [3.63, 3.8) is 0 Å². The molecular formula is C18H23F2NO2. The maximum Gasteiger partial charge on any atom is 0.257 e. The Kier molecular flexibility index (Phi) is 4.95. The maximum absolute atomic E-state index is 13.9.